The molecule has 0 radical (unpaired) electrons. The van der Waals surface area contributed by atoms with Crippen LogP contribution >= 0.6 is 0 Å². The molecule has 0 aromatic heterocycles. The van der Waals surface area contributed by atoms with Gasteiger partial charge in [-0.2, -0.15) is 0 Å². The highest BCUT2D eigenvalue weighted by molar-refractivity contribution is 5.58. The van der Waals surface area contributed by atoms with E-state index in [2.05, 4.69) is 23.1 Å². The zero-order chi connectivity index (χ0) is 12.3. The average Bonchev–Trinajstić information content (AvgIpc) is 2.72. The zero-order valence-electron chi connectivity index (χ0n) is 10.0. The van der Waals surface area contributed by atoms with Gasteiger partial charge in [-0.15, -0.1) is 6.42 Å². The lowest BCUT2D eigenvalue weighted by Gasteiger charge is -2.27. The van der Waals surface area contributed by atoms with E-state index in [9.17, 15) is 4.39 Å². The van der Waals surface area contributed by atoms with E-state index in [0.717, 1.165) is 25.2 Å². The van der Waals surface area contributed by atoms with Gasteiger partial charge < -0.3 is 10.2 Å². The number of terminal acetylenes is 1. The van der Waals surface area contributed by atoms with E-state index in [0.29, 0.717) is 12.6 Å². The summed E-state index contributed by atoms with van der Waals surface area (Å²) in [5.41, 5.74) is 2.26. The van der Waals surface area contributed by atoms with Crippen molar-refractivity contribution in [3.05, 3.63) is 29.6 Å². The fourth-order valence-electron chi connectivity index (χ4n) is 2.30. The number of benzene rings is 1. The van der Waals surface area contributed by atoms with Gasteiger partial charge in [0.05, 0.1) is 6.54 Å². The van der Waals surface area contributed by atoms with Crippen LogP contribution in [0.2, 0.25) is 0 Å². The van der Waals surface area contributed by atoms with E-state index in [-0.39, 0.29) is 5.82 Å². The SMILES string of the molecule is C#CCNCC(C)N1CCc2ccc(F)cc21. The Morgan fingerprint density at radius 1 is 1.59 bits per heavy atom. The normalized spacial score (nSPS) is 15.5. The lowest BCUT2D eigenvalue weighted by Crippen LogP contribution is -2.39. The molecular weight excluding hydrogens is 215 g/mol. The van der Waals surface area contributed by atoms with E-state index in [1.807, 2.05) is 6.07 Å². The summed E-state index contributed by atoms with van der Waals surface area (Å²) >= 11 is 0. The molecule has 2 nitrogen and oxygen atoms in total. The Morgan fingerprint density at radius 2 is 2.41 bits per heavy atom. The van der Waals surface area contributed by atoms with Crippen LogP contribution in [0.1, 0.15) is 12.5 Å². The van der Waals surface area contributed by atoms with E-state index >= 15 is 0 Å². The number of hydrogen-bond donors (Lipinski definition) is 1. The molecule has 1 aliphatic heterocycles. The number of nitrogens with one attached hydrogen (secondary N) is 1. The van der Waals surface area contributed by atoms with Gasteiger partial charge in [-0.25, -0.2) is 4.39 Å². The molecule has 1 aliphatic rings. The molecule has 0 fully saturated rings. The molecular formula is C14H17FN2. The lowest BCUT2D eigenvalue weighted by molar-refractivity contribution is 0.593. The molecule has 1 aromatic carbocycles. The fourth-order valence-corrected chi connectivity index (χ4v) is 2.30. The molecule has 0 aliphatic carbocycles. The van der Waals surface area contributed by atoms with E-state index in [4.69, 9.17) is 6.42 Å². The summed E-state index contributed by atoms with van der Waals surface area (Å²) in [6.45, 7) is 4.48. The summed E-state index contributed by atoms with van der Waals surface area (Å²) in [6, 6.07) is 5.36. The Balaban J connectivity index is 2.05. The van der Waals surface area contributed by atoms with Crippen molar-refractivity contribution in [1.82, 2.24) is 5.32 Å². The molecule has 0 saturated heterocycles. The Bertz CT molecular complexity index is 436. The van der Waals surface area contributed by atoms with Gasteiger partial charge in [-0.1, -0.05) is 12.0 Å². The summed E-state index contributed by atoms with van der Waals surface area (Å²) < 4.78 is 13.2. The van der Waals surface area contributed by atoms with Crippen molar-refractivity contribution in [3.8, 4) is 12.3 Å². The highest BCUT2D eigenvalue weighted by Crippen LogP contribution is 2.30. The van der Waals surface area contributed by atoms with Crippen LogP contribution in [0.25, 0.3) is 0 Å². The van der Waals surface area contributed by atoms with Crippen LogP contribution in [0.4, 0.5) is 10.1 Å². The summed E-state index contributed by atoms with van der Waals surface area (Å²) in [6.07, 6.45) is 6.18. The van der Waals surface area contributed by atoms with Gasteiger partial charge in [0.1, 0.15) is 5.82 Å². The molecule has 1 unspecified atom stereocenters. The minimum Gasteiger partial charge on any atom is -0.367 e. The molecule has 0 bridgehead atoms. The molecule has 90 valence electrons. The summed E-state index contributed by atoms with van der Waals surface area (Å²) in [5, 5.41) is 3.19. The minimum absolute atomic E-state index is 0.167. The van der Waals surface area contributed by atoms with E-state index in [1.54, 1.807) is 6.07 Å². The van der Waals surface area contributed by atoms with Crippen molar-refractivity contribution in [3.63, 3.8) is 0 Å². The molecule has 0 spiro atoms. The third kappa shape index (κ3) is 2.59. The van der Waals surface area contributed by atoms with Crippen LogP contribution in [0, 0.1) is 18.2 Å². The Labute approximate surface area is 102 Å². The molecule has 1 heterocycles. The highest BCUT2D eigenvalue weighted by Gasteiger charge is 2.23. The maximum Gasteiger partial charge on any atom is 0.125 e. The summed E-state index contributed by atoms with van der Waals surface area (Å²) in [5.74, 6) is 2.39. The van der Waals surface area contributed by atoms with Crippen molar-refractivity contribution in [2.45, 2.75) is 19.4 Å². The molecule has 0 amide bonds. The first-order chi connectivity index (χ1) is 8.22. The van der Waals surface area contributed by atoms with Crippen molar-refractivity contribution in [1.29, 1.82) is 0 Å². The van der Waals surface area contributed by atoms with Gasteiger partial charge in [0, 0.05) is 24.8 Å². The summed E-state index contributed by atoms with van der Waals surface area (Å²) in [4.78, 5) is 2.24. The third-order valence-corrected chi connectivity index (χ3v) is 3.18. The summed E-state index contributed by atoms with van der Waals surface area (Å²) in [7, 11) is 0. The van der Waals surface area contributed by atoms with Gasteiger partial charge in [-0.3, -0.25) is 0 Å². The standard InChI is InChI=1S/C14H17FN2/c1-3-7-16-10-11(2)17-8-6-12-4-5-13(15)9-14(12)17/h1,4-5,9,11,16H,6-8,10H2,2H3. The molecule has 0 saturated carbocycles. The number of fused-ring (bicyclic) bond motifs is 1. The topological polar surface area (TPSA) is 15.3 Å². The number of anilines is 1. The second-order valence-corrected chi connectivity index (χ2v) is 4.40. The smallest absolute Gasteiger partial charge is 0.125 e. The largest absolute Gasteiger partial charge is 0.367 e. The molecule has 3 heteroatoms. The van der Waals surface area contributed by atoms with E-state index in [1.165, 1.54) is 11.6 Å². The molecule has 1 N–H and O–H groups in total. The number of halogens is 1. The fraction of sp³-hybridized carbons (Fsp3) is 0.429. The maximum absolute atomic E-state index is 13.2. The van der Waals surface area contributed by atoms with E-state index < -0.39 is 0 Å². The lowest BCUT2D eigenvalue weighted by atomic mass is 10.1. The van der Waals surface area contributed by atoms with Crippen LogP contribution in [-0.2, 0) is 6.42 Å². The van der Waals surface area contributed by atoms with Crippen LogP contribution < -0.4 is 10.2 Å². The molecule has 1 atom stereocenters. The van der Waals surface area contributed by atoms with Crippen LogP contribution in [0.5, 0.6) is 0 Å². The average molecular weight is 232 g/mol. The first kappa shape index (κ1) is 11.9. The quantitative estimate of drug-likeness (QED) is 0.629. The second kappa shape index (κ2) is 5.20. The first-order valence-electron chi connectivity index (χ1n) is 5.91. The monoisotopic (exact) mass is 232 g/mol. The Hall–Kier alpha value is -1.53. The van der Waals surface area contributed by atoms with Crippen LogP contribution in [-0.4, -0.2) is 25.7 Å². The van der Waals surface area contributed by atoms with Crippen molar-refractivity contribution >= 4 is 5.69 Å². The number of rotatable bonds is 4. The molecule has 1 aromatic rings. The van der Waals surface area contributed by atoms with Crippen molar-refractivity contribution in [2.24, 2.45) is 0 Å². The predicted octanol–water partition coefficient (Wildman–Crippen LogP) is 1.80. The number of nitrogens with zero attached hydrogens (tertiary/aromatic N) is 1. The maximum atomic E-state index is 13.2. The van der Waals surface area contributed by atoms with Gasteiger partial charge in [0.15, 0.2) is 0 Å². The number of hydrogen-bond acceptors (Lipinski definition) is 2. The van der Waals surface area contributed by atoms with Gasteiger partial charge in [0.2, 0.25) is 0 Å². The van der Waals surface area contributed by atoms with Gasteiger partial charge >= 0.3 is 0 Å². The first-order valence-corrected chi connectivity index (χ1v) is 5.91. The van der Waals surface area contributed by atoms with Gasteiger partial charge in [0.25, 0.3) is 0 Å². The third-order valence-electron chi connectivity index (χ3n) is 3.18. The zero-order valence-corrected chi connectivity index (χ0v) is 10.0. The molecule has 2 rings (SSSR count). The van der Waals surface area contributed by atoms with Crippen LogP contribution in [0.3, 0.4) is 0 Å². The van der Waals surface area contributed by atoms with Crippen molar-refractivity contribution in [2.75, 3.05) is 24.5 Å². The second-order valence-electron chi connectivity index (χ2n) is 4.40. The Kier molecular flexibility index (Phi) is 3.65. The minimum atomic E-state index is -0.167. The van der Waals surface area contributed by atoms with Gasteiger partial charge in [-0.05, 0) is 31.0 Å². The molecule has 17 heavy (non-hydrogen) atoms. The van der Waals surface area contributed by atoms with Crippen molar-refractivity contribution < 1.29 is 4.39 Å². The highest BCUT2D eigenvalue weighted by atomic mass is 19.1. The predicted molar refractivity (Wildman–Crippen MR) is 68.6 cm³/mol. The van der Waals surface area contributed by atoms with Crippen LogP contribution in [0.15, 0.2) is 18.2 Å². The Morgan fingerprint density at radius 3 is 3.18 bits per heavy atom.